The van der Waals surface area contributed by atoms with Crippen molar-refractivity contribution in [1.29, 1.82) is 5.26 Å². The van der Waals surface area contributed by atoms with Crippen LogP contribution in [0.1, 0.15) is 50.4 Å². The molecular formula is C21H17N5O2. The molecule has 1 heterocycles. The van der Waals surface area contributed by atoms with Crippen molar-refractivity contribution in [2.24, 2.45) is 5.73 Å². The highest BCUT2D eigenvalue weighted by Crippen LogP contribution is 2.18. The molecule has 0 spiro atoms. The van der Waals surface area contributed by atoms with E-state index in [1.54, 1.807) is 42.5 Å². The molecule has 0 unspecified atom stereocenters. The predicted molar refractivity (Wildman–Crippen MR) is 104 cm³/mol. The first-order valence-electron chi connectivity index (χ1n) is 8.51. The van der Waals surface area contributed by atoms with Crippen molar-refractivity contribution in [1.82, 2.24) is 9.97 Å². The molecule has 0 aliphatic rings. The number of amides is 1. The van der Waals surface area contributed by atoms with Crippen molar-refractivity contribution in [3.8, 4) is 6.07 Å². The molecule has 1 amide bonds. The van der Waals surface area contributed by atoms with Gasteiger partial charge >= 0.3 is 0 Å². The minimum atomic E-state index is -0.476. The van der Waals surface area contributed by atoms with Gasteiger partial charge < -0.3 is 11.1 Å². The van der Waals surface area contributed by atoms with Crippen LogP contribution < -0.4 is 11.1 Å². The highest BCUT2D eigenvalue weighted by Gasteiger charge is 2.12. The Kier molecular flexibility index (Phi) is 5.42. The van der Waals surface area contributed by atoms with E-state index in [1.165, 1.54) is 18.5 Å². The summed E-state index contributed by atoms with van der Waals surface area (Å²) in [7, 11) is 0. The quantitative estimate of drug-likeness (QED) is 0.643. The first-order valence-corrected chi connectivity index (χ1v) is 8.51. The molecule has 2 aromatic carbocycles. The Morgan fingerprint density at radius 2 is 1.71 bits per heavy atom. The van der Waals surface area contributed by atoms with E-state index < -0.39 is 5.91 Å². The predicted octanol–water partition coefficient (Wildman–Crippen LogP) is 2.85. The summed E-state index contributed by atoms with van der Waals surface area (Å²) in [4.78, 5) is 32.0. The normalized spacial score (nSPS) is 11.3. The van der Waals surface area contributed by atoms with Gasteiger partial charge in [0.2, 0.25) is 11.9 Å². The van der Waals surface area contributed by atoms with Gasteiger partial charge in [-0.05, 0) is 36.8 Å². The van der Waals surface area contributed by atoms with Gasteiger partial charge in [-0.3, -0.25) is 9.59 Å². The van der Waals surface area contributed by atoms with Gasteiger partial charge in [-0.2, -0.15) is 5.26 Å². The molecule has 1 atom stereocenters. The number of hydrogen-bond acceptors (Lipinski definition) is 6. The molecule has 0 aliphatic carbocycles. The van der Waals surface area contributed by atoms with E-state index in [2.05, 4.69) is 15.3 Å². The summed E-state index contributed by atoms with van der Waals surface area (Å²) >= 11 is 0. The topological polar surface area (TPSA) is 122 Å². The van der Waals surface area contributed by atoms with Gasteiger partial charge in [0.15, 0.2) is 5.78 Å². The number of nitrogens with two attached hydrogens (primary N) is 1. The third-order valence-corrected chi connectivity index (χ3v) is 4.21. The van der Waals surface area contributed by atoms with E-state index in [9.17, 15) is 9.59 Å². The average Bonchev–Trinajstić information content (AvgIpc) is 2.73. The van der Waals surface area contributed by atoms with Gasteiger partial charge in [0.1, 0.15) is 0 Å². The molecule has 0 bridgehead atoms. The second-order valence-electron chi connectivity index (χ2n) is 6.17. The van der Waals surface area contributed by atoms with Gasteiger partial charge in [0.25, 0.3) is 0 Å². The van der Waals surface area contributed by atoms with Crippen molar-refractivity contribution in [2.45, 2.75) is 13.0 Å². The van der Waals surface area contributed by atoms with Crippen molar-refractivity contribution >= 4 is 17.6 Å². The summed E-state index contributed by atoms with van der Waals surface area (Å²) < 4.78 is 0. The molecule has 7 heteroatoms. The zero-order chi connectivity index (χ0) is 20.1. The second-order valence-corrected chi connectivity index (χ2v) is 6.17. The van der Waals surface area contributed by atoms with E-state index in [4.69, 9.17) is 11.0 Å². The fourth-order valence-corrected chi connectivity index (χ4v) is 2.63. The molecule has 3 rings (SSSR count). The van der Waals surface area contributed by atoms with Crippen LogP contribution in [0.3, 0.4) is 0 Å². The Labute approximate surface area is 161 Å². The number of benzene rings is 2. The first kappa shape index (κ1) is 18.7. The van der Waals surface area contributed by atoms with Gasteiger partial charge in [0.05, 0.1) is 23.2 Å². The van der Waals surface area contributed by atoms with Crippen LogP contribution >= 0.6 is 0 Å². The SMILES string of the molecule is C[C@H](Nc1ncc(C(=O)c2cccc(C#N)c2)cn1)c1ccc(C(N)=O)cc1. The smallest absolute Gasteiger partial charge is 0.248 e. The van der Waals surface area contributed by atoms with Crippen LogP contribution in [-0.2, 0) is 0 Å². The molecule has 0 aliphatic heterocycles. The molecule has 1 aromatic heterocycles. The Bertz CT molecular complexity index is 1050. The Morgan fingerprint density at radius 3 is 2.32 bits per heavy atom. The summed E-state index contributed by atoms with van der Waals surface area (Å²) in [6.07, 6.45) is 2.89. The van der Waals surface area contributed by atoms with Crippen LogP contribution in [0.5, 0.6) is 0 Å². The van der Waals surface area contributed by atoms with Crippen LogP contribution in [0.25, 0.3) is 0 Å². The summed E-state index contributed by atoms with van der Waals surface area (Å²) in [5, 5.41) is 12.1. The molecule has 138 valence electrons. The third-order valence-electron chi connectivity index (χ3n) is 4.21. The largest absolute Gasteiger partial charge is 0.366 e. The summed E-state index contributed by atoms with van der Waals surface area (Å²) in [5.41, 5.74) is 7.77. The standard InChI is InChI=1S/C21H17N5O2/c1-13(15-5-7-16(8-6-15)20(23)28)26-21-24-11-18(12-25-21)19(27)17-4-2-3-14(9-17)10-22/h2-9,11-13H,1H3,(H2,23,28)(H,24,25,26)/t13-/m0/s1. The lowest BCUT2D eigenvalue weighted by Crippen LogP contribution is -2.13. The Balaban J connectivity index is 1.70. The molecule has 28 heavy (non-hydrogen) atoms. The van der Waals surface area contributed by atoms with E-state index in [0.29, 0.717) is 28.2 Å². The van der Waals surface area contributed by atoms with Crippen LogP contribution in [0.2, 0.25) is 0 Å². The minimum absolute atomic E-state index is 0.115. The average molecular weight is 371 g/mol. The van der Waals surface area contributed by atoms with Crippen LogP contribution in [-0.4, -0.2) is 21.7 Å². The lowest BCUT2D eigenvalue weighted by atomic mass is 10.0. The fourth-order valence-electron chi connectivity index (χ4n) is 2.63. The van der Waals surface area contributed by atoms with Gasteiger partial charge in [0, 0.05) is 23.5 Å². The van der Waals surface area contributed by atoms with Crippen molar-refractivity contribution in [3.63, 3.8) is 0 Å². The number of carbonyl (C=O) groups excluding carboxylic acids is 2. The number of aromatic nitrogens is 2. The van der Waals surface area contributed by atoms with Crippen LogP contribution in [0, 0.1) is 11.3 Å². The maximum atomic E-state index is 12.5. The summed E-state index contributed by atoms with van der Waals surface area (Å²) in [5.74, 6) is -0.358. The van der Waals surface area contributed by atoms with Crippen LogP contribution in [0.4, 0.5) is 5.95 Å². The number of nitrogens with zero attached hydrogens (tertiary/aromatic N) is 3. The van der Waals surface area contributed by atoms with E-state index >= 15 is 0 Å². The maximum Gasteiger partial charge on any atom is 0.248 e. The number of hydrogen-bond donors (Lipinski definition) is 2. The number of rotatable bonds is 6. The zero-order valence-electron chi connectivity index (χ0n) is 15.1. The molecule has 0 saturated carbocycles. The number of carbonyl (C=O) groups is 2. The lowest BCUT2D eigenvalue weighted by Gasteiger charge is -2.14. The fraction of sp³-hybridized carbons (Fsp3) is 0.0952. The highest BCUT2D eigenvalue weighted by atomic mass is 16.1. The number of ketones is 1. The van der Waals surface area contributed by atoms with Crippen LogP contribution in [0.15, 0.2) is 60.9 Å². The molecule has 0 radical (unpaired) electrons. The summed E-state index contributed by atoms with van der Waals surface area (Å²) in [6, 6.07) is 15.3. The molecule has 0 saturated heterocycles. The number of nitrogens with one attached hydrogen (secondary N) is 1. The van der Waals surface area contributed by atoms with E-state index in [1.807, 2.05) is 13.0 Å². The third kappa shape index (κ3) is 4.19. The first-order chi connectivity index (χ1) is 13.5. The van der Waals surface area contributed by atoms with Crippen molar-refractivity contribution in [2.75, 3.05) is 5.32 Å². The zero-order valence-corrected chi connectivity index (χ0v) is 15.1. The maximum absolute atomic E-state index is 12.5. The molecule has 3 N–H and O–H groups in total. The second kappa shape index (κ2) is 8.10. The molecule has 3 aromatic rings. The molecular weight excluding hydrogens is 354 g/mol. The van der Waals surface area contributed by atoms with Crippen molar-refractivity contribution in [3.05, 3.63) is 88.7 Å². The van der Waals surface area contributed by atoms with Gasteiger partial charge in [-0.1, -0.05) is 24.3 Å². The van der Waals surface area contributed by atoms with E-state index in [0.717, 1.165) is 5.56 Å². The number of anilines is 1. The van der Waals surface area contributed by atoms with Gasteiger partial charge in [-0.25, -0.2) is 9.97 Å². The monoisotopic (exact) mass is 371 g/mol. The van der Waals surface area contributed by atoms with E-state index in [-0.39, 0.29) is 11.8 Å². The summed E-state index contributed by atoms with van der Waals surface area (Å²) in [6.45, 7) is 1.93. The number of primary amides is 1. The Hall–Kier alpha value is -4.05. The molecule has 7 nitrogen and oxygen atoms in total. The molecule has 0 fully saturated rings. The number of nitriles is 1. The minimum Gasteiger partial charge on any atom is -0.366 e. The highest BCUT2D eigenvalue weighted by molar-refractivity contribution is 6.08. The Morgan fingerprint density at radius 1 is 1.04 bits per heavy atom. The van der Waals surface area contributed by atoms with Crippen molar-refractivity contribution < 1.29 is 9.59 Å². The lowest BCUT2D eigenvalue weighted by molar-refractivity contribution is 0.0998. The van der Waals surface area contributed by atoms with Gasteiger partial charge in [-0.15, -0.1) is 0 Å².